The first kappa shape index (κ1) is 9.20. The van der Waals surface area contributed by atoms with Crippen LogP contribution in [0.25, 0.3) is 10.1 Å². The molecular formula is C11H8FNS. The predicted octanol–water partition coefficient (Wildman–Crippen LogP) is 2.67. The average molecular weight is 205 g/mol. The Bertz CT molecular complexity index is 509. The lowest BCUT2D eigenvalue weighted by atomic mass is 10.2. The monoisotopic (exact) mass is 205 g/mol. The van der Waals surface area contributed by atoms with Crippen molar-refractivity contribution in [3.8, 4) is 12.3 Å². The van der Waals surface area contributed by atoms with Crippen LogP contribution in [0.2, 0.25) is 0 Å². The van der Waals surface area contributed by atoms with E-state index in [1.54, 1.807) is 6.07 Å². The van der Waals surface area contributed by atoms with Crippen LogP contribution < -0.4 is 5.73 Å². The van der Waals surface area contributed by atoms with Crippen LogP contribution in [0.15, 0.2) is 24.3 Å². The van der Waals surface area contributed by atoms with E-state index in [9.17, 15) is 4.39 Å². The lowest BCUT2D eigenvalue weighted by Gasteiger charge is -1.96. The van der Waals surface area contributed by atoms with E-state index in [0.29, 0.717) is 0 Å². The van der Waals surface area contributed by atoms with Gasteiger partial charge in [-0.2, -0.15) is 0 Å². The smallest absolute Gasteiger partial charge is 0.124 e. The number of benzene rings is 1. The van der Waals surface area contributed by atoms with Crippen molar-refractivity contribution in [1.29, 1.82) is 0 Å². The molecule has 2 aromatic rings. The second-order valence-corrected chi connectivity index (χ2v) is 4.09. The topological polar surface area (TPSA) is 26.0 Å². The van der Waals surface area contributed by atoms with E-state index in [1.807, 2.05) is 6.07 Å². The third-order valence-corrected chi connectivity index (χ3v) is 3.17. The van der Waals surface area contributed by atoms with Crippen LogP contribution in [-0.4, -0.2) is 0 Å². The minimum atomic E-state index is -0.393. The molecule has 0 bridgehead atoms. The van der Waals surface area contributed by atoms with Crippen molar-refractivity contribution in [2.45, 2.75) is 6.04 Å². The number of terminal acetylenes is 1. The summed E-state index contributed by atoms with van der Waals surface area (Å²) in [4.78, 5) is 0.896. The van der Waals surface area contributed by atoms with Crippen LogP contribution >= 0.6 is 11.3 Å². The van der Waals surface area contributed by atoms with Crippen molar-refractivity contribution >= 4 is 21.4 Å². The van der Waals surface area contributed by atoms with Gasteiger partial charge in [0.25, 0.3) is 0 Å². The molecule has 0 radical (unpaired) electrons. The fourth-order valence-corrected chi connectivity index (χ4v) is 2.31. The fourth-order valence-electron chi connectivity index (χ4n) is 1.26. The summed E-state index contributed by atoms with van der Waals surface area (Å²) in [5, 5.41) is 0.983. The van der Waals surface area contributed by atoms with Crippen molar-refractivity contribution in [3.63, 3.8) is 0 Å². The van der Waals surface area contributed by atoms with Crippen LogP contribution in [0.5, 0.6) is 0 Å². The molecule has 1 heterocycles. The maximum absolute atomic E-state index is 12.9. The van der Waals surface area contributed by atoms with Crippen molar-refractivity contribution < 1.29 is 4.39 Å². The highest BCUT2D eigenvalue weighted by atomic mass is 32.1. The summed E-state index contributed by atoms with van der Waals surface area (Å²) in [7, 11) is 0. The molecule has 0 saturated carbocycles. The number of fused-ring (bicyclic) bond motifs is 1. The Morgan fingerprint density at radius 1 is 1.43 bits per heavy atom. The van der Waals surface area contributed by atoms with Gasteiger partial charge >= 0.3 is 0 Å². The van der Waals surface area contributed by atoms with Crippen molar-refractivity contribution in [2.24, 2.45) is 5.73 Å². The van der Waals surface area contributed by atoms with Crippen LogP contribution in [0.1, 0.15) is 10.9 Å². The van der Waals surface area contributed by atoms with Crippen LogP contribution in [0, 0.1) is 18.2 Å². The van der Waals surface area contributed by atoms with Crippen LogP contribution in [0.4, 0.5) is 4.39 Å². The summed E-state index contributed by atoms with van der Waals surface area (Å²) >= 11 is 1.44. The van der Waals surface area contributed by atoms with Gasteiger partial charge in [0.2, 0.25) is 0 Å². The zero-order valence-electron chi connectivity index (χ0n) is 7.33. The number of hydrogen-bond donors (Lipinski definition) is 1. The highest BCUT2D eigenvalue weighted by Crippen LogP contribution is 2.29. The van der Waals surface area contributed by atoms with Crippen molar-refractivity contribution in [3.05, 3.63) is 35.0 Å². The van der Waals surface area contributed by atoms with Crippen molar-refractivity contribution in [2.75, 3.05) is 0 Å². The molecule has 1 unspecified atom stereocenters. The van der Waals surface area contributed by atoms with Gasteiger partial charge in [-0.05, 0) is 23.6 Å². The van der Waals surface area contributed by atoms with Gasteiger partial charge in [0.15, 0.2) is 0 Å². The average Bonchev–Trinajstić information content (AvgIpc) is 2.59. The van der Waals surface area contributed by atoms with E-state index in [0.717, 1.165) is 15.0 Å². The van der Waals surface area contributed by atoms with E-state index in [2.05, 4.69) is 5.92 Å². The fraction of sp³-hybridized carbons (Fsp3) is 0.0909. The second-order valence-electron chi connectivity index (χ2n) is 2.98. The minimum absolute atomic E-state index is 0.236. The van der Waals surface area contributed by atoms with Gasteiger partial charge in [-0.25, -0.2) is 4.39 Å². The summed E-state index contributed by atoms with van der Waals surface area (Å²) in [6.45, 7) is 0. The molecule has 0 spiro atoms. The predicted molar refractivity (Wildman–Crippen MR) is 57.5 cm³/mol. The van der Waals surface area contributed by atoms with E-state index in [-0.39, 0.29) is 5.82 Å². The Balaban J connectivity index is 2.58. The van der Waals surface area contributed by atoms with Crippen LogP contribution in [-0.2, 0) is 0 Å². The standard InChI is InChI=1S/C11H8FNS/c1-2-9(13)11-5-7-3-4-8(12)6-10(7)14-11/h1,3-6,9H,13H2. The number of halogens is 1. The number of thiophene rings is 1. The van der Waals surface area contributed by atoms with Gasteiger partial charge in [-0.3, -0.25) is 0 Å². The summed E-state index contributed by atoms with van der Waals surface area (Å²) in [5.41, 5.74) is 5.68. The Hall–Kier alpha value is -1.37. The van der Waals surface area contributed by atoms with Gasteiger partial charge < -0.3 is 5.73 Å². The maximum atomic E-state index is 12.9. The Morgan fingerprint density at radius 2 is 2.21 bits per heavy atom. The molecule has 1 aromatic carbocycles. The molecule has 0 saturated heterocycles. The highest BCUT2D eigenvalue weighted by molar-refractivity contribution is 7.19. The number of hydrogen-bond acceptors (Lipinski definition) is 2. The van der Waals surface area contributed by atoms with Crippen molar-refractivity contribution in [1.82, 2.24) is 0 Å². The quantitative estimate of drug-likeness (QED) is 0.712. The molecule has 1 nitrogen and oxygen atoms in total. The van der Waals surface area contributed by atoms with Crippen LogP contribution in [0.3, 0.4) is 0 Å². The lowest BCUT2D eigenvalue weighted by molar-refractivity contribution is 0.630. The first-order chi connectivity index (χ1) is 6.70. The molecule has 2 N–H and O–H groups in total. The van der Waals surface area contributed by atoms with E-state index >= 15 is 0 Å². The van der Waals surface area contributed by atoms with E-state index < -0.39 is 6.04 Å². The Morgan fingerprint density at radius 3 is 2.93 bits per heavy atom. The SMILES string of the molecule is C#CC(N)c1cc2ccc(F)cc2s1. The first-order valence-electron chi connectivity index (χ1n) is 4.11. The van der Waals surface area contributed by atoms with Gasteiger partial charge in [0.1, 0.15) is 11.9 Å². The lowest BCUT2D eigenvalue weighted by Crippen LogP contribution is -2.04. The number of rotatable bonds is 1. The van der Waals surface area contributed by atoms with E-state index in [1.165, 1.54) is 23.5 Å². The molecule has 1 atom stereocenters. The van der Waals surface area contributed by atoms with Gasteiger partial charge in [-0.1, -0.05) is 12.0 Å². The Kier molecular flexibility index (Phi) is 2.24. The minimum Gasteiger partial charge on any atom is -0.313 e. The summed E-state index contributed by atoms with van der Waals surface area (Å²) in [6, 6.07) is 6.17. The first-order valence-corrected chi connectivity index (χ1v) is 4.93. The largest absolute Gasteiger partial charge is 0.313 e. The summed E-state index contributed by atoms with van der Waals surface area (Å²) in [5.74, 6) is 2.22. The second kappa shape index (κ2) is 3.41. The third-order valence-electron chi connectivity index (χ3n) is 1.99. The number of nitrogens with two attached hydrogens (primary N) is 1. The Labute approximate surface area is 85.4 Å². The molecule has 0 fully saturated rings. The third kappa shape index (κ3) is 1.50. The zero-order valence-corrected chi connectivity index (χ0v) is 8.14. The molecule has 70 valence electrons. The van der Waals surface area contributed by atoms with Gasteiger partial charge in [-0.15, -0.1) is 17.8 Å². The molecule has 3 heteroatoms. The molecule has 0 amide bonds. The normalized spacial score (nSPS) is 12.6. The molecule has 1 aromatic heterocycles. The molecular weight excluding hydrogens is 197 g/mol. The molecule has 0 aliphatic carbocycles. The highest BCUT2D eigenvalue weighted by Gasteiger charge is 2.07. The molecule has 0 aliphatic rings. The summed E-state index contributed by atoms with van der Waals surface area (Å²) < 4.78 is 13.7. The molecule has 2 rings (SSSR count). The zero-order chi connectivity index (χ0) is 10.1. The molecule has 14 heavy (non-hydrogen) atoms. The van der Waals surface area contributed by atoms with Gasteiger partial charge in [0.05, 0.1) is 0 Å². The van der Waals surface area contributed by atoms with Gasteiger partial charge in [0, 0.05) is 9.58 Å². The maximum Gasteiger partial charge on any atom is 0.124 e. The summed E-state index contributed by atoms with van der Waals surface area (Å²) in [6.07, 6.45) is 5.21. The van der Waals surface area contributed by atoms with E-state index in [4.69, 9.17) is 12.2 Å². The molecule has 0 aliphatic heterocycles.